The smallest absolute Gasteiger partial charge is 0.162 e. The highest BCUT2D eigenvalue weighted by atomic mass is 35.5. The van der Waals surface area contributed by atoms with E-state index >= 15 is 0 Å². The molecule has 3 aromatic carbocycles. The molecule has 0 fully saturated rings. The number of hydrogen-bond acceptors (Lipinski definition) is 5. The number of hydrogen-bond donors (Lipinski definition) is 2. The number of phenolic OH excluding ortho intramolecular Hbond substituents is 1. The van der Waals surface area contributed by atoms with Crippen LogP contribution in [0, 0.1) is 0 Å². The lowest BCUT2D eigenvalue weighted by Crippen LogP contribution is -2.33. The van der Waals surface area contributed by atoms with Crippen molar-refractivity contribution in [2.75, 3.05) is 13.7 Å². The van der Waals surface area contributed by atoms with Crippen molar-refractivity contribution in [1.82, 2.24) is 5.32 Å². The van der Waals surface area contributed by atoms with Crippen molar-refractivity contribution < 1.29 is 14.6 Å². The third-order valence-corrected chi connectivity index (χ3v) is 5.59. The predicted octanol–water partition coefficient (Wildman–Crippen LogP) is 5.68. The summed E-state index contributed by atoms with van der Waals surface area (Å²) in [5, 5.41) is 15.1. The quantitative estimate of drug-likeness (QED) is 0.522. The molecule has 6 heteroatoms. The zero-order valence-electron chi connectivity index (χ0n) is 17.5. The lowest BCUT2D eigenvalue weighted by molar-refractivity contribution is 0.313. The van der Waals surface area contributed by atoms with Crippen LogP contribution >= 0.6 is 11.6 Å². The molecule has 0 aliphatic carbocycles. The van der Waals surface area contributed by atoms with Gasteiger partial charge >= 0.3 is 0 Å². The summed E-state index contributed by atoms with van der Waals surface area (Å²) in [6, 6.07) is 21.0. The number of rotatable bonds is 6. The van der Waals surface area contributed by atoms with Gasteiger partial charge in [-0.2, -0.15) is 0 Å². The number of nitrogens with one attached hydrogen (secondary N) is 1. The van der Waals surface area contributed by atoms with Gasteiger partial charge in [0.2, 0.25) is 0 Å². The highest BCUT2D eigenvalue weighted by Crippen LogP contribution is 2.39. The molecule has 0 unspecified atom stereocenters. The van der Waals surface area contributed by atoms with Crippen LogP contribution in [0.4, 0.5) is 0 Å². The molecule has 0 bridgehead atoms. The minimum Gasteiger partial charge on any atom is -0.504 e. The molecule has 2 N–H and O–H groups in total. The van der Waals surface area contributed by atoms with E-state index in [-0.39, 0.29) is 18.0 Å². The Balaban J connectivity index is 1.75. The van der Waals surface area contributed by atoms with E-state index in [1.54, 1.807) is 13.2 Å². The van der Waals surface area contributed by atoms with Gasteiger partial charge in [-0.25, -0.2) is 0 Å². The maximum absolute atomic E-state index is 10.9. The Labute approximate surface area is 187 Å². The van der Waals surface area contributed by atoms with E-state index in [4.69, 9.17) is 26.1 Å². The molecule has 3 aromatic rings. The molecule has 31 heavy (non-hydrogen) atoms. The first-order chi connectivity index (χ1) is 15.1. The van der Waals surface area contributed by atoms with Crippen molar-refractivity contribution in [3.05, 3.63) is 88.4 Å². The van der Waals surface area contributed by atoms with Crippen molar-refractivity contribution >= 4 is 17.3 Å². The summed E-state index contributed by atoms with van der Waals surface area (Å²) >= 11 is 6.08. The summed E-state index contributed by atoms with van der Waals surface area (Å²) in [7, 11) is 1.65. The van der Waals surface area contributed by atoms with Crippen LogP contribution in [0.2, 0.25) is 5.02 Å². The minimum atomic E-state index is -0.285. The number of aromatic hydroxyl groups is 1. The van der Waals surface area contributed by atoms with Gasteiger partial charge in [-0.3, -0.25) is 10.3 Å². The molecule has 0 saturated carbocycles. The normalized spacial score (nSPS) is 18.4. The van der Waals surface area contributed by atoms with Crippen molar-refractivity contribution in [3.63, 3.8) is 0 Å². The predicted molar refractivity (Wildman–Crippen MR) is 123 cm³/mol. The molecule has 0 radical (unpaired) electrons. The molecule has 1 aliphatic rings. The molecular formula is C25H25ClN2O3. The van der Waals surface area contributed by atoms with Crippen LogP contribution in [0.25, 0.3) is 0 Å². The summed E-state index contributed by atoms with van der Waals surface area (Å²) in [5.41, 5.74) is 3.70. The molecule has 5 nitrogen and oxygen atoms in total. The number of nitrogens with zero attached hydrogens (tertiary/aromatic N) is 1. The van der Waals surface area contributed by atoms with Crippen LogP contribution in [0.1, 0.15) is 42.2 Å². The molecule has 160 valence electrons. The Morgan fingerprint density at radius 1 is 1.10 bits per heavy atom. The zero-order valence-corrected chi connectivity index (χ0v) is 18.3. The molecular weight excluding hydrogens is 412 g/mol. The number of ether oxygens (including phenoxy) is 2. The zero-order chi connectivity index (χ0) is 21.8. The van der Waals surface area contributed by atoms with Gasteiger partial charge in [0.1, 0.15) is 11.9 Å². The van der Waals surface area contributed by atoms with Crippen molar-refractivity contribution in [2.24, 2.45) is 4.99 Å². The van der Waals surface area contributed by atoms with Crippen molar-refractivity contribution in [3.8, 4) is 17.2 Å². The monoisotopic (exact) mass is 436 g/mol. The van der Waals surface area contributed by atoms with Crippen LogP contribution < -0.4 is 14.8 Å². The van der Waals surface area contributed by atoms with E-state index < -0.39 is 0 Å². The molecule has 0 saturated heterocycles. The van der Waals surface area contributed by atoms with E-state index in [9.17, 15) is 5.11 Å². The summed E-state index contributed by atoms with van der Waals surface area (Å²) in [4.78, 5) is 4.99. The van der Waals surface area contributed by atoms with E-state index in [1.165, 1.54) is 0 Å². The van der Waals surface area contributed by atoms with Gasteiger partial charge in [0.05, 0.1) is 13.7 Å². The number of aliphatic imine (C=N–C) groups is 1. The summed E-state index contributed by atoms with van der Waals surface area (Å²) in [6.07, 6.45) is 0.327. The highest BCUT2D eigenvalue weighted by Gasteiger charge is 2.28. The standard InChI is InChI=1S/C25H25ClN2O3/c1-3-31-23-9-5-8-20(24(23)29)22-15-21(17-6-4-7-19(14-17)30-2)27-25(28-22)16-10-12-18(26)13-11-16/h4-14,22,25,28-29H,3,15H2,1-2H3/t22-,25-/m1/s1. The van der Waals surface area contributed by atoms with E-state index in [2.05, 4.69) is 5.32 Å². The topological polar surface area (TPSA) is 63.1 Å². The number of phenols is 1. The number of methoxy groups -OCH3 is 1. The van der Waals surface area contributed by atoms with E-state index in [0.29, 0.717) is 23.8 Å². The maximum Gasteiger partial charge on any atom is 0.162 e. The maximum atomic E-state index is 10.9. The molecule has 0 aromatic heterocycles. The fourth-order valence-electron chi connectivity index (χ4n) is 3.79. The second-order valence-electron chi connectivity index (χ2n) is 7.31. The van der Waals surface area contributed by atoms with Crippen LogP contribution in [0.5, 0.6) is 17.2 Å². The Morgan fingerprint density at radius 2 is 1.87 bits per heavy atom. The lowest BCUT2D eigenvalue weighted by Gasteiger charge is -2.31. The van der Waals surface area contributed by atoms with Crippen molar-refractivity contribution in [2.45, 2.75) is 25.6 Å². The molecule has 0 spiro atoms. The summed E-state index contributed by atoms with van der Waals surface area (Å²) in [5.74, 6) is 1.42. The van der Waals surface area contributed by atoms with Gasteiger partial charge in [-0.05, 0) is 48.4 Å². The number of halogens is 1. The molecule has 1 heterocycles. The first-order valence-corrected chi connectivity index (χ1v) is 10.6. The second kappa shape index (κ2) is 9.41. The van der Waals surface area contributed by atoms with Gasteiger partial charge in [-0.1, -0.05) is 48.0 Å². The Hall–Kier alpha value is -3.02. The SMILES string of the molecule is CCOc1cccc([C@H]2CC(c3cccc(OC)c3)=N[C@@H](c3ccc(Cl)cc3)N2)c1O. The number of para-hydroxylation sites is 1. The molecule has 1 aliphatic heterocycles. The minimum absolute atomic E-state index is 0.153. The summed E-state index contributed by atoms with van der Waals surface area (Å²) < 4.78 is 11.0. The fraction of sp³-hybridized carbons (Fsp3) is 0.240. The largest absolute Gasteiger partial charge is 0.504 e. The first-order valence-electron chi connectivity index (χ1n) is 10.3. The highest BCUT2D eigenvalue weighted by molar-refractivity contribution is 6.30. The third kappa shape index (κ3) is 4.68. The number of benzene rings is 3. The van der Waals surface area contributed by atoms with E-state index in [1.807, 2.05) is 67.6 Å². The van der Waals surface area contributed by atoms with Gasteiger partial charge < -0.3 is 14.6 Å². The summed E-state index contributed by atoms with van der Waals surface area (Å²) in [6.45, 7) is 2.38. The Kier molecular flexibility index (Phi) is 6.44. The van der Waals surface area contributed by atoms with Crippen LogP contribution in [-0.2, 0) is 0 Å². The van der Waals surface area contributed by atoms with E-state index in [0.717, 1.165) is 28.2 Å². The van der Waals surface area contributed by atoms with Crippen LogP contribution in [-0.4, -0.2) is 24.5 Å². The molecule has 0 amide bonds. The molecule has 2 atom stereocenters. The Morgan fingerprint density at radius 3 is 2.61 bits per heavy atom. The first kappa shape index (κ1) is 21.2. The van der Waals surface area contributed by atoms with Crippen molar-refractivity contribution in [1.29, 1.82) is 0 Å². The Bertz CT molecular complexity index is 1080. The average molecular weight is 437 g/mol. The fourth-order valence-corrected chi connectivity index (χ4v) is 3.92. The van der Waals surface area contributed by atoms with Gasteiger partial charge in [-0.15, -0.1) is 0 Å². The van der Waals surface area contributed by atoms with Crippen LogP contribution in [0.15, 0.2) is 71.7 Å². The van der Waals surface area contributed by atoms with Gasteiger partial charge in [0, 0.05) is 28.8 Å². The van der Waals surface area contributed by atoms with Gasteiger partial charge in [0.25, 0.3) is 0 Å². The second-order valence-corrected chi connectivity index (χ2v) is 7.75. The lowest BCUT2D eigenvalue weighted by atomic mass is 9.93. The van der Waals surface area contributed by atoms with Crippen LogP contribution in [0.3, 0.4) is 0 Å². The third-order valence-electron chi connectivity index (χ3n) is 5.34. The molecule has 4 rings (SSSR count). The average Bonchev–Trinajstić information content (AvgIpc) is 2.81. The van der Waals surface area contributed by atoms with Gasteiger partial charge in [0.15, 0.2) is 11.5 Å².